The molecule has 0 amide bonds. The summed E-state index contributed by atoms with van der Waals surface area (Å²) in [5.41, 5.74) is 1.34. The summed E-state index contributed by atoms with van der Waals surface area (Å²) in [5, 5.41) is 11.7. The van der Waals surface area contributed by atoms with Crippen LogP contribution in [0.3, 0.4) is 0 Å². The minimum Gasteiger partial charge on any atom is -0.497 e. The van der Waals surface area contributed by atoms with Crippen LogP contribution in [0.15, 0.2) is 17.3 Å². The van der Waals surface area contributed by atoms with Crippen LogP contribution in [0.2, 0.25) is 0 Å². The van der Waals surface area contributed by atoms with Crippen LogP contribution >= 0.6 is 0 Å². The zero-order valence-corrected chi connectivity index (χ0v) is 8.98. The van der Waals surface area contributed by atoms with Gasteiger partial charge in [0.1, 0.15) is 17.2 Å². The number of carbonyl (C=O) groups is 1. The molecule has 5 nitrogen and oxygen atoms in total. The Morgan fingerprint density at radius 3 is 2.62 bits per heavy atom. The van der Waals surface area contributed by atoms with Gasteiger partial charge in [0.2, 0.25) is 5.78 Å². The molecule has 0 aliphatic heterocycles. The molecule has 5 heteroatoms. The molecule has 1 N–H and O–H groups in total. The summed E-state index contributed by atoms with van der Waals surface area (Å²) < 4.78 is 10.2. The summed E-state index contributed by atoms with van der Waals surface area (Å²) >= 11 is 0. The first-order chi connectivity index (χ1) is 7.71. The third kappa shape index (κ3) is 1.41. The molecule has 0 atom stereocenters. The number of oxime groups is 1. The van der Waals surface area contributed by atoms with Gasteiger partial charge < -0.3 is 14.7 Å². The average molecular weight is 221 g/mol. The van der Waals surface area contributed by atoms with Gasteiger partial charge in [-0.05, 0) is 11.6 Å². The maximum atomic E-state index is 11.8. The van der Waals surface area contributed by atoms with E-state index >= 15 is 0 Å². The first-order valence-electron chi connectivity index (χ1n) is 4.71. The van der Waals surface area contributed by atoms with Gasteiger partial charge in [-0.1, -0.05) is 5.16 Å². The Hall–Kier alpha value is -2.04. The molecule has 0 radical (unpaired) electrons. The number of hydrogen-bond donors (Lipinski definition) is 1. The van der Waals surface area contributed by atoms with Crippen LogP contribution in [0.1, 0.15) is 15.9 Å². The number of hydrogen-bond acceptors (Lipinski definition) is 5. The van der Waals surface area contributed by atoms with E-state index < -0.39 is 0 Å². The van der Waals surface area contributed by atoms with Gasteiger partial charge in [-0.3, -0.25) is 4.79 Å². The molecule has 16 heavy (non-hydrogen) atoms. The van der Waals surface area contributed by atoms with Crippen molar-refractivity contribution in [2.24, 2.45) is 5.16 Å². The van der Waals surface area contributed by atoms with Crippen LogP contribution in [-0.2, 0) is 6.42 Å². The summed E-state index contributed by atoms with van der Waals surface area (Å²) in [4.78, 5) is 11.8. The first-order valence-corrected chi connectivity index (χ1v) is 4.71. The molecule has 1 aliphatic carbocycles. The highest BCUT2D eigenvalue weighted by Gasteiger charge is 2.31. The van der Waals surface area contributed by atoms with Crippen LogP contribution in [-0.4, -0.2) is 30.9 Å². The molecule has 0 aromatic heterocycles. The van der Waals surface area contributed by atoms with E-state index in [1.54, 1.807) is 19.2 Å². The first kappa shape index (κ1) is 10.5. The number of benzene rings is 1. The third-order valence-corrected chi connectivity index (χ3v) is 2.58. The number of nitrogens with zero attached hydrogens (tertiary/aromatic N) is 1. The van der Waals surface area contributed by atoms with E-state index in [-0.39, 0.29) is 11.5 Å². The molecule has 84 valence electrons. The van der Waals surface area contributed by atoms with Gasteiger partial charge >= 0.3 is 0 Å². The number of rotatable bonds is 2. The zero-order valence-electron chi connectivity index (χ0n) is 8.98. The van der Waals surface area contributed by atoms with Crippen LogP contribution in [0, 0.1) is 0 Å². The Kier molecular flexibility index (Phi) is 2.52. The number of Topliss-reactive ketones (excluding diaryl/α,β-unsaturated/α-hetero) is 1. The molecular formula is C11H11NO4. The zero-order chi connectivity index (χ0) is 11.7. The third-order valence-electron chi connectivity index (χ3n) is 2.58. The Labute approximate surface area is 92.3 Å². The highest BCUT2D eigenvalue weighted by molar-refractivity contribution is 6.50. The van der Waals surface area contributed by atoms with E-state index in [0.717, 1.165) is 5.56 Å². The van der Waals surface area contributed by atoms with E-state index in [1.165, 1.54) is 7.11 Å². The minimum absolute atomic E-state index is 0.126. The SMILES string of the molecule is COc1cc2c(c(OC)c1)C(=O)/C(=N\O)C2. The monoisotopic (exact) mass is 221 g/mol. The van der Waals surface area contributed by atoms with Gasteiger partial charge in [-0.25, -0.2) is 0 Å². The number of fused-ring (bicyclic) bond motifs is 1. The van der Waals surface area contributed by atoms with Crippen LogP contribution in [0.25, 0.3) is 0 Å². The Morgan fingerprint density at radius 1 is 1.31 bits per heavy atom. The lowest BCUT2D eigenvalue weighted by Gasteiger charge is -2.08. The molecule has 2 rings (SSSR count). The maximum absolute atomic E-state index is 11.8. The summed E-state index contributed by atoms with van der Waals surface area (Å²) in [5.74, 6) is 0.762. The van der Waals surface area contributed by atoms with Crippen LogP contribution in [0.5, 0.6) is 11.5 Å². The summed E-state index contributed by atoms with van der Waals surface area (Å²) in [6.07, 6.45) is 0.304. The van der Waals surface area contributed by atoms with Crippen molar-refractivity contribution in [3.63, 3.8) is 0 Å². The Bertz CT molecular complexity index is 479. The lowest BCUT2D eigenvalue weighted by atomic mass is 10.1. The standard InChI is InChI=1S/C11H11NO4/c1-15-7-3-6-4-8(12-14)11(13)10(6)9(5-7)16-2/h3,5,14H,4H2,1-2H3/b12-8-. The fourth-order valence-corrected chi connectivity index (χ4v) is 1.81. The molecule has 0 unspecified atom stereocenters. The van der Waals surface area contributed by atoms with Crippen LogP contribution in [0.4, 0.5) is 0 Å². The molecule has 0 saturated carbocycles. The summed E-state index contributed by atoms with van der Waals surface area (Å²) in [7, 11) is 3.02. The van der Waals surface area contributed by atoms with Crippen molar-refractivity contribution in [3.8, 4) is 11.5 Å². The van der Waals surface area contributed by atoms with Crippen molar-refractivity contribution in [2.45, 2.75) is 6.42 Å². The largest absolute Gasteiger partial charge is 0.497 e. The van der Waals surface area contributed by atoms with Crippen molar-refractivity contribution >= 4 is 11.5 Å². The van der Waals surface area contributed by atoms with E-state index in [4.69, 9.17) is 14.7 Å². The van der Waals surface area contributed by atoms with E-state index in [2.05, 4.69) is 5.16 Å². The van der Waals surface area contributed by atoms with Gasteiger partial charge in [0, 0.05) is 12.5 Å². The van der Waals surface area contributed by atoms with E-state index in [0.29, 0.717) is 23.5 Å². The van der Waals surface area contributed by atoms with Crippen molar-refractivity contribution in [1.29, 1.82) is 0 Å². The van der Waals surface area contributed by atoms with Crippen molar-refractivity contribution in [3.05, 3.63) is 23.3 Å². The second-order valence-electron chi connectivity index (χ2n) is 3.42. The number of ketones is 1. The second kappa shape index (κ2) is 3.84. The fraction of sp³-hybridized carbons (Fsp3) is 0.273. The highest BCUT2D eigenvalue weighted by Crippen LogP contribution is 2.33. The normalized spacial score (nSPS) is 16.4. The Balaban J connectivity index is 2.60. The number of carbonyl (C=O) groups excluding carboxylic acids is 1. The van der Waals surface area contributed by atoms with Crippen molar-refractivity contribution in [1.82, 2.24) is 0 Å². The number of methoxy groups -OCH3 is 2. The minimum atomic E-state index is -0.294. The van der Waals surface area contributed by atoms with Gasteiger partial charge in [0.15, 0.2) is 0 Å². The smallest absolute Gasteiger partial charge is 0.214 e. The van der Waals surface area contributed by atoms with E-state index in [9.17, 15) is 4.79 Å². The van der Waals surface area contributed by atoms with E-state index in [1.807, 2.05) is 0 Å². The number of ether oxygens (including phenoxy) is 2. The predicted molar refractivity (Wildman–Crippen MR) is 56.8 cm³/mol. The second-order valence-corrected chi connectivity index (χ2v) is 3.42. The lowest BCUT2D eigenvalue weighted by molar-refractivity contribution is 0.106. The molecule has 1 aromatic carbocycles. The predicted octanol–water partition coefficient (Wildman–Crippen LogP) is 1.27. The lowest BCUT2D eigenvalue weighted by Crippen LogP contribution is -2.08. The molecular weight excluding hydrogens is 210 g/mol. The van der Waals surface area contributed by atoms with Crippen molar-refractivity contribution in [2.75, 3.05) is 14.2 Å². The van der Waals surface area contributed by atoms with Gasteiger partial charge in [0.25, 0.3) is 0 Å². The molecule has 0 fully saturated rings. The maximum Gasteiger partial charge on any atom is 0.214 e. The van der Waals surface area contributed by atoms with Gasteiger partial charge in [-0.15, -0.1) is 0 Å². The highest BCUT2D eigenvalue weighted by atomic mass is 16.5. The average Bonchev–Trinajstić information content (AvgIpc) is 2.65. The molecule has 1 aliphatic rings. The Morgan fingerprint density at radius 2 is 2.06 bits per heavy atom. The molecule has 0 bridgehead atoms. The van der Waals surface area contributed by atoms with Crippen LogP contribution < -0.4 is 9.47 Å². The topological polar surface area (TPSA) is 68.1 Å². The quantitative estimate of drug-likeness (QED) is 0.603. The molecule has 0 spiro atoms. The van der Waals surface area contributed by atoms with Gasteiger partial charge in [0.05, 0.1) is 19.8 Å². The molecule has 0 heterocycles. The van der Waals surface area contributed by atoms with Gasteiger partial charge in [-0.2, -0.15) is 0 Å². The molecule has 0 saturated heterocycles. The summed E-state index contributed by atoms with van der Waals surface area (Å²) in [6, 6.07) is 3.38. The molecule has 1 aromatic rings. The summed E-state index contributed by atoms with van der Waals surface area (Å²) in [6.45, 7) is 0. The van der Waals surface area contributed by atoms with Crippen molar-refractivity contribution < 1.29 is 19.5 Å². The fourth-order valence-electron chi connectivity index (χ4n) is 1.81.